The lowest BCUT2D eigenvalue weighted by Crippen LogP contribution is -2.36. The van der Waals surface area contributed by atoms with Crippen LogP contribution in [0.2, 0.25) is 5.02 Å². The summed E-state index contributed by atoms with van der Waals surface area (Å²) in [5, 5.41) is 5.29. The minimum atomic E-state index is -4.00. The fourth-order valence-corrected chi connectivity index (χ4v) is 3.69. The van der Waals surface area contributed by atoms with E-state index in [4.69, 9.17) is 11.6 Å². The van der Waals surface area contributed by atoms with Crippen LogP contribution >= 0.6 is 11.6 Å². The standard InChI is InChI=1S/C12H15ClFN3O3S/c1-7(18)16-11-5-10(14)12(4-9(11)13)21(19,20)17-8-2-3-15-6-8/h4-5,8,15,17H,2-3,6H2,1H3,(H,16,18). The number of hydrogen-bond acceptors (Lipinski definition) is 4. The number of carbonyl (C=O) groups is 1. The Morgan fingerprint density at radius 2 is 2.19 bits per heavy atom. The minimum Gasteiger partial charge on any atom is -0.325 e. The Morgan fingerprint density at radius 3 is 2.76 bits per heavy atom. The van der Waals surface area contributed by atoms with Gasteiger partial charge < -0.3 is 10.6 Å². The first-order chi connectivity index (χ1) is 9.79. The molecular weight excluding hydrogens is 321 g/mol. The molecule has 2 rings (SSSR count). The van der Waals surface area contributed by atoms with E-state index in [9.17, 15) is 17.6 Å². The lowest BCUT2D eigenvalue weighted by atomic mass is 10.3. The van der Waals surface area contributed by atoms with Crippen molar-refractivity contribution in [1.82, 2.24) is 10.0 Å². The highest BCUT2D eigenvalue weighted by molar-refractivity contribution is 7.89. The Labute approximate surface area is 127 Å². The van der Waals surface area contributed by atoms with Crippen molar-refractivity contribution in [2.45, 2.75) is 24.3 Å². The van der Waals surface area contributed by atoms with Crippen LogP contribution in [0.25, 0.3) is 0 Å². The second-order valence-electron chi connectivity index (χ2n) is 4.75. The number of carbonyl (C=O) groups excluding carboxylic acids is 1. The van der Waals surface area contributed by atoms with E-state index in [1.165, 1.54) is 6.92 Å². The first-order valence-corrected chi connectivity index (χ1v) is 8.15. The van der Waals surface area contributed by atoms with Gasteiger partial charge in [0.15, 0.2) is 0 Å². The van der Waals surface area contributed by atoms with Crippen molar-refractivity contribution in [1.29, 1.82) is 0 Å². The predicted octanol–water partition coefficient (Wildman–Crippen LogP) is 1.08. The van der Waals surface area contributed by atoms with Gasteiger partial charge in [0.1, 0.15) is 10.7 Å². The number of halogens is 2. The van der Waals surface area contributed by atoms with E-state index in [2.05, 4.69) is 15.4 Å². The number of anilines is 1. The van der Waals surface area contributed by atoms with Crippen LogP contribution in [-0.2, 0) is 14.8 Å². The Kier molecular flexibility index (Phi) is 4.82. The number of nitrogens with one attached hydrogen (secondary N) is 3. The van der Waals surface area contributed by atoms with Crippen LogP contribution < -0.4 is 15.4 Å². The third-order valence-corrected chi connectivity index (χ3v) is 4.85. The molecule has 1 aliphatic rings. The molecule has 21 heavy (non-hydrogen) atoms. The van der Waals surface area contributed by atoms with Crippen molar-refractivity contribution in [3.05, 3.63) is 23.0 Å². The van der Waals surface area contributed by atoms with Crippen LogP contribution in [0, 0.1) is 5.82 Å². The summed E-state index contributed by atoms with van der Waals surface area (Å²) in [6.45, 7) is 2.45. The monoisotopic (exact) mass is 335 g/mol. The molecule has 116 valence electrons. The smallest absolute Gasteiger partial charge is 0.243 e. The van der Waals surface area contributed by atoms with Crippen molar-refractivity contribution in [2.24, 2.45) is 0 Å². The zero-order chi connectivity index (χ0) is 15.6. The fraction of sp³-hybridized carbons (Fsp3) is 0.417. The van der Waals surface area contributed by atoms with Crippen LogP contribution in [0.15, 0.2) is 17.0 Å². The van der Waals surface area contributed by atoms with E-state index in [1.54, 1.807) is 0 Å². The van der Waals surface area contributed by atoms with Gasteiger partial charge in [0.05, 0.1) is 10.7 Å². The van der Waals surface area contributed by atoms with Gasteiger partial charge >= 0.3 is 0 Å². The molecule has 1 unspecified atom stereocenters. The predicted molar refractivity (Wildman–Crippen MR) is 77.3 cm³/mol. The number of benzene rings is 1. The number of sulfonamides is 1. The van der Waals surface area contributed by atoms with Crippen molar-refractivity contribution < 1.29 is 17.6 Å². The molecule has 1 atom stereocenters. The van der Waals surface area contributed by atoms with Gasteiger partial charge in [-0.05, 0) is 19.0 Å². The van der Waals surface area contributed by atoms with E-state index in [-0.39, 0.29) is 16.8 Å². The van der Waals surface area contributed by atoms with Crippen molar-refractivity contribution in [2.75, 3.05) is 18.4 Å². The van der Waals surface area contributed by atoms with Crippen LogP contribution in [0.5, 0.6) is 0 Å². The highest BCUT2D eigenvalue weighted by atomic mass is 35.5. The van der Waals surface area contributed by atoms with Gasteiger partial charge in [0.25, 0.3) is 0 Å². The first-order valence-electron chi connectivity index (χ1n) is 6.29. The third kappa shape index (κ3) is 3.91. The van der Waals surface area contributed by atoms with Crippen LogP contribution in [0.3, 0.4) is 0 Å². The van der Waals surface area contributed by atoms with E-state index in [0.717, 1.165) is 12.1 Å². The van der Waals surface area contributed by atoms with Crippen molar-refractivity contribution in [3.63, 3.8) is 0 Å². The average Bonchev–Trinajstić information content (AvgIpc) is 2.84. The largest absolute Gasteiger partial charge is 0.325 e. The lowest BCUT2D eigenvalue weighted by molar-refractivity contribution is -0.114. The van der Waals surface area contributed by atoms with Gasteiger partial charge in [-0.15, -0.1) is 0 Å². The Balaban J connectivity index is 2.30. The van der Waals surface area contributed by atoms with Gasteiger partial charge in [0.2, 0.25) is 15.9 Å². The minimum absolute atomic E-state index is 0.0307. The molecular formula is C12H15ClFN3O3S. The summed E-state index contributed by atoms with van der Waals surface area (Å²) >= 11 is 5.88. The molecule has 1 amide bonds. The Morgan fingerprint density at radius 1 is 1.48 bits per heavy atom. The summed E-state index contributed by atoms with van der Waals surface area (Å²) in [7, 11) is -4.00. The summed E-state index contributed by atoms with van der Waals surface area (Å²) in [6, 6.07) is 1.61. The van der Waals surface area contributed by atoms with E-state index < -0.39 is 26.6 Å². The molecule has 6 nitrogen and oxygen atoms in total. The molecule has 1 heterocycles. The summed E-state index contributed by atoms with van der Waals surface area (Å²) in [5.74, 6) is -1.40. The second kappa shape index (κ2) is 6.27. The highest BCUT2D eigenvalue weighted by Crippen LogP contribution is 2.28. The summed E-state index contributed by atoms with van der Waals surface area (Å²) in [5.41, 5.74) is 0.0307. The molecule has 0 bridgehead atoms. The molecule has 3 N–H and O–H groups in total. The van der Waals surface area contributed by atoms with Crippen LogP contribution in [-0.4, -0.2) is 33.5 Å². The van der Waals surface area contributed by atoms with Crippen molar-refractivity contribution >= 4 is 33.2 Å². The highest BCUT2D eigenvalue weighted by Gasteiger charge is 2.26. The number of hydrogen-bond donors (Lipinski definition) is 3. The molecule has 1 aliphatic heterocycles. The first kappa shape index (κ1) is 16.2. The molecule has 0 spiro atoms. The maximum Gasteiger partial charge on any atom is 0.243 e. The van der Waals surface area contributed by atoms with E-state index >= 15 is 0 Å². The summed E-state index contributed by atoms with van der Waals surface area (Å²) < 4.78 is 40.8. The summed E-state index contributed by atoms with van der Waals surface area (Å²) in [6.07, 6.45) is 0.637. The maximum atomic E-state index is 14.0. The number of rotatable bonds is 4. The molecule has 0 aromatic heterocycles. The van der Waals surface area contributed by atoms with Crippen LogP contribution in [0.1, 0.15) is 13.3 Å². The molecule has 1 aromatic rings. The molecule has 1 saturated heterocycles. The molecule has 0 aliphatic carbocycles. The lowest BCUT2D eigenvalue weighted by Gasteiger charge is -2.14. The van der Waals surface area contributed by atoms with Crippen molar-refractivity contribution in [3.8, 4) is 0 Å². The Bertz CT molecular complexity index is 660. The van der Waals surface area contributed by atoms with E-state index in [0.29, 0.717) is 19.5 Å². The van der Waals surface area contributed by atoms with Gasteiger partial charge in [-0.2, -0.15) is 0 Å². The molecule has 1 aromatic carbocycles. The zero-order valence-electron chi connectivity index (χ0n) is 11.2. The quantitative estimate of drug-likeness (QED) is 0.768. The Hall–Kier alpha value is -1.22. The molecule has 0 saturated carbocycles. The average molecular weight is 336 g/mol. The fourth-order valence-electron chi connectivity index (χ4n) is 2.06. The van der Waals surface area contributed by atoms with Gasteiger partial charge in [-0.3, -0.25) is 4.79 Å². The topological polar surface area (TPSA) is 87.3 Å². The van der Waals surface area contributed by atoms with Gasteiger partial charge in [-0.1, -0.05) is 11.6 Å². The number of amides is 1. The van der Waals surface area contributed by atoms with Gasteiger partial charge in [-0.25, -0.2) is 17.5 Å². The SMILES string of the molecule is CC(=O)Nc1cc(F)c(S(=O)(=O)NC2CCNC2)cc1Cl. The van der Waals surface area contributed by atoms with Crippen LogP contribution in [0.4, 0.5) is 10.1 Å². The van der Waals surface area contributed by atoms with Gasteiger partial charge in [0, 0.05) is 25.6 Å². The van der Waals surface area contributed by atoms with E-state index in [1.807, 2.05) is 0 Å². The molecule has 1 fully saturated rings. The summed E-state index contributed by atoms with van der Waals surface area (Å²) in [4.78, 5) is 10.4. The zero-order valence-corrected chi connectivity index (χ0v) is 12.8. The molecule has 9 heteroatoms. The molecule has 0 radical (unpaired) electrons. The normalized spacial score (nSPS) is 18.7. The second-order valence-corrected chi connectivity index (χ2v) is 6.84. The maximum absolute atomic E-state index is 14.0. The third-order valence-electron chi connectivity index (χ3n) is 3.00.